The predicted octanol–water partition coefficient (Wildman–Crippen LogP) is 1.97. The summed E-state index contributed by atoms with van der Waals surface area (Å²) in [7, 11) is 0. The van der Waals surface area contributed by atoms with Crippen molar-refractivity contribution >= 4 is 5.97 Å². The molecule has 0 saturated carbocycles. The molecule has 0 fully saturated rings. The second-order valence-corrected chi connectivity index (χ2v) is 3.23. The number of para-hydroxylation sites is 1. The fourth-order valence-corrected chi connectivity index (χ4v) is 1.13. The van der Waals surface area contributed by atoms with Crippen molar-refractivity contribution < 1.29 is 14.6 Å². The van der Waals surface area contributed by atoms with E-state index in [0.29, 0.717) is 16.9 Å². The number of nitriles is 1. The fraction of sp³-hybridized carbons (Fsp3) is 0.167. The fourth-order valence-electron chi connectivity index (χ4n) is 1.13. The van der Waals surface area contributed by atoms with Crippen LogP contribution in [0.3, 0.4) is 0 Å². The molecule has 1 N–H and O–H groups in total. The number of rotatable bonds is 4. The second-order valence-electron chi connectivity index (χ2n) is 3.23. The van der Waals surface area contributed by atoms with Crippen molar-refractivity contribution in [2.45, 2.75) is 6.92 Å². The lowest BCUT2D eigenvalue weighted by Crippen LogP contribution is -2.02. The molecule has 0 amide bonds. The van der Waals surface area contributed by atoms with Crippen molar-refractivity contribution in [2.24, 2.45) is 0 Å². The molecule has 4 heteroatoms. The Morgan fingerprint density at radius 3 is 2.88 bits per heavy atom. The standard InChI is InChI=1S/C12H11NO3/c1-9(6-12(14)15)8-16-11-5-3-2-4-10(11)7-13/h2-6H,8H2,1H3,(H,14,15). The Kier molecular flexibility index (Phi) is 4.10. The highest BCUT2D eigenvalue weighted by atomic mass is 16.5. The van der Waals surface area contributed by atoms with Crippen LogP contribution >= 0.6 is 0 Å². The van der Waals surface area contributed by atoms with Gasteiger partial charge in [0.2, 0.25) is 0 Å². The van der Waals surface area contributed by atoms with E-state index in [2.05, 4.69) is 0 Å². The highest BCUT2D eigenvalue weighted by Gasteiger charge is 2.02. The van der Waals surface area contributed by atoms with Crippen LogP contribution in [-0.2, 0) is 4.79 Å². The zero-order valence-corrected chi connectivity index (χ0v) is 8.80. The minimum absolute atomic E-state index is 0.158. The van der Waals surface area contributed by atoms with Gasteiger partial charge >= 0.3 is 5.97 Å². The highest BCUT2D eigenvalue weighted by Crippen LogP contribution is 2.17. The zero-order valence-electron chi connectivity index (χ0n) is 8.80. The minimum Gasteiger partial charge on any atom is -0.488 e. The van der Waals surface area contributed by atoms with Gasteiger partial charge in [-0.1, -0.05) is 12.1 Å². The van der Waals surface area contributed by atoms with Crippen molar-refractivity contribution in [3.63, 3.8) is 0 Å². The predicted molar refractivity (Wildman–Crippen MR) is 58.0 cm³/mol. The summed E-state index contributed by atoms with van der Waals surface area (Å²) in [4.78, 5) is 10.4. The number of carbonyl (C=O) groups is 1. The van der Waals surface area contributed by atoms with Gasteiger partial charge in [-0.2, -0.15) is 5.26 Å². The van der Waals surface area contributed by atoms with E-state index in [1.807, 2.05) is 6.07 Å². The maximum absolute atomic E-state index is 10.4. The molecule has 0 radical (unpaired) electrons. The number of nitrogens with zero attached hydrogens (tertiary/aromatic N) is 1. The maximum Gasteiger partial charge on any atom is 0.328 e. The lowest BCUT2D eigenvalue weighted by atomic mass is 10.2. The van der Waals surface area contributed by atoms with Gasteiger partial charge in [0.25, 0.3) is 0 Å². The summed E-state index contributed by atoms with van der Waals surface area (Å²) < 4.78 is 5.34. The lowest BCUT2D eigenvalue weighted by molar-refractivity contribution is -0.131. The largest absolute Gasteiger partial charge is 0.488 e. The zero-order chi connectivity index (χ0) is 12.0. The van der Waals surface area contributed by atoms with Gasteiger partial charge in [0, 0.05) is 6.08 Å². The molecular formula is C12H11NO3. The molecule has 0 saturated heterocycles. The maximum atomic E-state index is 10.4. The summed E-state index contributed by atoms with van der Waals surface area (Å²) in [5.74, 6) is -0.544. The molecule has 4 nitrogen and oxygen atoms in total. The van der Waals surface area contributed by atoms with Crippen LogP contribution < -0.4 is 4.74 Å². The van der Waals surface area contributed by atoms with Crippen LogP contribution in [0.2, 0.25) is 0 Å². The first-order valence-electron chi connectivity index (χ1n) is 4.65. The summed E-state index contributed by atoms with van der Waals surface area (Å²) in [6, 6.07) is 8.81. The number of hydrogen-bond donors (Lipinski definition) is 1. The summed E-state index contributed by atoms with van der Waals surface area (Å²) >= 11 is 0. The molecule has 0 aliphatic rings. The van der Waals surface area contributed by atoms with E-state index in [9.17, 15) is 4.79 Å². The van der Waals surface area contributed by atoms with Gasteiger partial charge in [-0.15, -0.1) is 0 Å². The lowest BCUT2D eigenvalue weighted by Gasteiger charge is -2.07. The first-order valence-corrected chi connectivity index (χ1v) is 4.65. The van der Waals surface area contributed by atoms with Gasteiger partial charge in [-0.3, -0.25) is 0 Å². The highest BCUT2D eigenvalue weighted by molar-refractivity contribution is 5.80. The van der Waals surface area contributed by atoms with Crippen molar-refractivity contribution in [1.82, 2.24) is 0 Å². The Morgan fingerprint density at radius 1 is 1.56 bits per heavy atom. The van der Waals surface area contributed by atoms with Crippen LogP contribution in [-0.4, -0.2) is 17.7 Å². The third-order valence-corrected chi connectivity index (χ3v) is 1.83. The Balaban J connectivity index is 2.69. The van der Waals surface area contributed by atoms with Gasteiger partial charge in [0.05, 0.1) is 5.56 Å². The summed E-state index contributed by atoms with van der Waals surface area (Å²) in [5.41, 5.74) is 1.02. The molecular weight excluding hydrogens is 206 g/mol. The summed E-state index contributed by atoms with van der Waals surface area (Å²) in [5, 5.41) is 17.3. The second kappa shape index (κ2) is 5.56. The van der Waals surface area contributed by atoms with E-state index in [-0.39, 0.29) is 6.61 Å². The number of hydrogen-bond acceptors (Lipinski definition) is 3. The molecule has 0 aromatic heterocycles. The van der Waals surface area contributed by atoms with Crippen LogP contribution in [0.5, 0.6) is 5.75 Å². The van der Waals surface area contributed by atoms with Crippen LogP contribution in [0.4, 0.5) is 0 Å². The number of carboxylic acid groups (broad SMARTS) is 1. The quantitative estimate of drug-likeness (QED) is 0.782. The Hall–Kier alpha value is -2.28. The average Bonchev–Trinajstić information content (AvgIpc) is 2.26. The minimum atomic E-state index is -1.00. The molecule has 16 heavy (non-hydrogen) atoms. The van der Waals surface area contributed by atoms with Gasteiger partial charge in [0.15, 0.2) is 0 Å². The van der Waals surface area contributed by atoms with Gasteiger partial charge in [-0.05, 0) is 24.6 Å². The van der Waals surface area contributed by atoms with E-state index in [1.165, 1.54) is 0 Å². The van der Waals surface area contributed by atoms with Crippen LogP contribution in [0, 0.1) is 11.3 Å². The van der Waals surface area contributed by atoms with Crippen molar-refractivity contribution in [1.29, 1.82) is 5.26 Å². The van der Waals surface area contributed by atoms with Gasteiger partial charge in [-0.25, -0.2) is 4.79 Å². The molecule has 0 heterocycles. The van der Waals surface area contributed by atoms with E-state index in [0.717, 1.165) is 6.08 Å². The molecule has 0 aliphatic carbocycles. The van der Waals surface area contributed by atoms with Crippen molar-refractivity contribution in [2.75, 3.05) is 6.61 Å². The summed E-state index contributed by atoms with van der Waals surface area (Å²) in [6.45, 7) is 1.81. The number of ether oxygens (including phenoxy) is 1. The molecule has 0 bridgehead atoms. The monoisotopic (exact) mass is 217 g/mol. The Morgan fingerprint density at radius 2 is 2.25 bits per heavy atom. The molecule has 82 valence electrons. The first-order chi connectivity index (χ1) is 7.63. The van der Waals surface area contributed by atoms with E-state index in [4.69, 9.17) is 15.1 Å². The van der Waals surface area contributed by atoms with Crippen LogP contribution in [0.25, 0.3) is 0 Å². The molecule has 0 spiro atoms. The Labute approximate surface area is 93.4 Å². The van der Waals surface area contributed by atoms with Crippen molar-refractivity contribution in [3.8, 4) is 11.8 Å². The van der Waals surface area contributed by atoms with Gasteiger partial charge in [0.1, 0.15) is 18.4 Å². The Bertz CT molecular complexity index is 458. The normalized spacial score (nSPS) is 10.6. The number of carboxylic acids is 1. The van der Waals surface area contributed by atoms with Crippen molar-refractivity contribution in [3.05, 3.63) is 41.5 Å². The molecule has 1 aromatic carbocycles. The molecule has 1 rings (SSSR count). The van der Waals surface area contributed by atoms with E-state index >= 15 is 0 Å². The molecule has 0 atom stereocenters. The number of aliphatic carboxylic acids is 1. The first kappa shape index (κ1) is 11.8. The van der Waals surface area contributed by atoms with E-state index in [1.54, 1.807) is 31.2 Å². The van der Waals surface area contributed by atoms with Gasteiger partial charge < -0.3 is 9.84 Å². The smallest absolute Gasteiger partial charge is 0.328 e. The number of benzene rings is 1. The van der Waals surface area contributed by atoms with Crippen LogP contribution in [0.15, 0.2) is 35.9 Å². The van der Waals surface area contributed by atoms with Crippen LogP contribution in [0.1, 0.15) is 12.5 Å². The molecule has 0 unspecified atom stereocenters. The third kappa shape index (κ3) is 3.46. The molecule has 0 aliphatic heterocycles. The summed E-state index contributed by atoms with van der Waals surface area (Å²) in [6.07, 6.45) is 1.08. The molecule has 1 aromatic rings. The SMILES string of the molecule is CC(=CC(=O)O)COc1ccccc1C#N. The third-order valence-electron chi connectivity index (χ3n) is 1.83. The topological polar surface area (TPSA) is 70.3 Å². The average molecular weight is 217 g/mol. The van der Waals surface area contributed by atoms with E-state index < -0.39 is 5.97 Å².